The number of carbonyl (C=O) groups excluding carboxylic acids is 1. The van der Waals surface area contributed by atoms with Gasteiger partial charge in [0.05, 0.1) is 6.04 Å². The Bertz CT molecular complexity index is 634. The third kappa shape index (κ3) is 2.16. The number of nitrogens with zero attached hydrogens (tertiary/aromatic N) is 1. The van der Waals surface area contributed by atoms with Crippen LogP contribution in [0.1, 0.15) is 34.5 Å². The predicted octanol–water partition coefficient (Wildman–Crippen LogP) is 3.03. The van der Waals surface area contributed by atoms with Gasteiger partial charge in [0.25, 0.3) is 5.91 Å². The number of rotatable bonds is 2. The van der Waals surface area contributed by atoms with Crippen LogP contribution in [0.15, 0.2) is 48.5 Å². The smallest absolute Gasteiger partial charge is 0.254 e. The minimum absolute atomic E-state index is 0.0662. The SMILES string of the molecule is CC(c1ccc(N)cc1)N1CCc2ccccc2C1=O. The fourth-order valence-electron chi connectivity index (χ4n) is 2.77. The van der Waals surface area contributed by atoms with E-state index in [2.05, 4.69) is 6.92 Å². The number of nitrogens with two attached hydrogens (primary N) is 1. The first kappa shape index (κ1) is 12.7. The van der Waals surface area contributed by atoms with Gasteiger partial charge in [0.1, 0.15) is 0 Å². The first-order valence-electron chi connectivity index (χ1n) is 6.91. The van der Waals surface area contributed by atoms with Gasteiger partial charge in [-0.15, -0.1) is 0 Å². The zero-order valence-electron chi connectivity index (χ0n) is 11.5. The average molecular weight is 266 g/mol. The Hall–Kier alpha value is -2.29. The van der Waals surface area contributed by atoms with Gasteiger partial charge in [-0.05, 0) is 42.7 Å². The number of amides is 1. The quantitative estimate of drug-likeness (QED) is 0.849. The van der Waals surface area contributed by atoms with E-state index in [0.29, 0.717) is 0 Å². The lowest BCUT2D eigenvalue weighted by Crippen LogP contribution is -2.39. The van der Waals surface area contributed by atoms with E-state index in [1.165, 1.54) is 0 Å². The third-order valence-corrected chi connectivity index (χ3v) is 4.02. The molecule has 2 aromatic carbocycles. The second kappa shape index (κ2) is 5.00. The van der Waals surface area contributed by atoms with Gasteiger partial charge in [0.2, 0.25) is 0 Å². The Morgan fingerprint density at radius 2 is 1.80 bits per heavy atom. The molecule has 1 atom stereocenters. The monoisotopic (exact) mass is 266 g/mol. The third-order valence-electron chi connectivity index (χ3n) is 4.02. The highest BCUT2D eigenvalue weighted by Gasteiger charge is 2.28. The molecule has 0 fully saturated rings. The highest BCUT2D eigenvalue weighted by molar-refractivity contribution is 5.97. The second-order valence-electron chi connectivity index (χ2n) is 5.25. The molecule has 3 rings (SSSR count). The van der Waals surface area contributed by atoms with Crippen LogP contribution in [0, 0.1) is 0 Å². The summed E-state index contributed by atoms with van der Waals surface area (Å²) in [6.07, 6.45) is 0.918. The zero-order chi connectivity index (χ0) is 14.1. The highest BCUT2D eigenvalue weighted by atomic mass is 16.2. The van der Waals surface area contributed by atoms with Gasteiger partial charge in [-0.1, -0.05) is 30.3 Å². The van der Waals surface area contributed by atoms with Gasteiger partial charge in [0, 0.05) is 17.8 Å². The van der Waals surface area contributed by atoms with E-state index in [9.17, 15) is 4.79 Å². The van der Waals surface area contributed by atoms with E-state index in [1.807, 2.05) is 53.4 Å². The molecule has 2 aromatic rings. The summed E-state index contributed by atoms with van der Waals surface area (Å²) in [5.41, 5.74) is 9.56. The molecular weight excluding hydrogens is 248 g/mol. The number of carbonyl (C=O) groups is 1. The standard InChI is InChI=1S/C17H18N2O/c1-12(13-6-8-15(18)9-7-13)19-11-10-14-4-2-3-5-16(14)17(19)20/h2-9,12H,10-11,18H2,1H3. The van der Waals surface area contributed by atoms with E-state index in [4.69, 9.17) is 5.73 Å². The van der Waals surface area contributed by atoms with Crippen LogP contribution in [-0.4, -0.2) is 17.4 Å². The molecule has 1 heterocycles. The zero-order valence-corrected chi connectivity index (χ0v) is 11.5. The lowest BCUT2D eigenvalue weighted by Gasteiger charge is -2.34. The van der Waals surface area contributed by atoms with E-state index in [1.54, 1.807) is 0 Å². The molecule has 2 N–H and O–H groups in total. The molecule has 1 aliphatic heterocycles. The second-order valence-corrected chi connectivity index (χ2v) is 5.25. The van der Waals surface area contributed by atoms with Crippen molar-refractivity contribution in [1.82, 2.24) is 4.90 Å². The summed E-state index contributed by atoms with van der Waals surface area (Å²) in [5.74, 6) is 0.121. The highest BCUT2D eigenvalue weighted by Crippen LogP contribution is 2.27. The molecule has 0 spiro atoms. The minimum atomic E-state index is 0.0662. The maximum atomic E-state index is 12.6. The van der Waals surface area contributed by atoms with Crippen molar-refractivity contribution >= 4 is 11.6 Å². The molecule has 3 nitrogen and oxygen atoms in total. The normalized spacial score (nSPS) is 15.8. The number of hydrogen-bond acceptors (Lipinski definition) is 2. The molecule has 0 aliphatic carbocycles. The topological polar surface area (TPSA) is 46.3 Å². The van der Waals surface area contributed by atoms with Crippen molar-refractivity contribution in [3.8, 4) is 0 Å². The summed E-state index contributed by atoms with van der Waals surface area (Å²) in [4.78, 5) is 14.5. The number of benzene rings is 2. The van der Waals surface area contributed by atoms with Gasteiger partial charge >= 0.3 is 0 Å². The van der Waals surface area contributed by atoms with Crippen molar-refractivity contribution in [2.75, 3.05) is 12.3 Å². The van der Waals surface area contributed by atoms with Crippen molar-refractivity contribution in [2.24, 2.45) is 0 Å². The van der Waals surface area contributed by atoms with E-state index < -0.39 is 0 Å². The summed E-state index contributed by atoms with van der Waals surface area (Å²) < 4.78 is 0. The number of nitrogen functional groups attached to an aromatic ring is 1. The van der Waals surface area contributed by atoms with Crippen LogP contribution in [0.2, 0.25) is 0 Å². The van der Waals surface area contributed by atoms with Gasteiger partial charge in [0.15, 0.2) is 0 Å². The Labute approximate surface area is 119 Å². The molecule has 1 amide bonds. The van der Waals surface area contributed by atoms with Gasteiger partial charge in [-0.3, -0.25) is 4.79 Å². The molecule has 0 radical (unpaired) electrons. The molecular formula is C17H18N2O. The lowest BCUT2D eigenvalue weighted by atomic mass is 9.96. The maximum Gasteiger partial charge on any atom is 0.254 e. The summed E-state index contributed by atoms with van der Waals surface area (Å²) in [6.45, 7) is 2.83. The Balaban J connectivity index is 1.89. The fourth-order valence-corrected chi connectivity index (χ4v) is 2.77. The summed E-state index contributed by atoms with van der Waals surface area (Å²) >= 11 is 0. The summed E-state index contributed by atoms with van der Waals surface area (Å²) in [6, 6.07) is 15.7. The Morgan fingerprint density at radius 3 is 2.55 bits per heavy atom. The number of hydrogen-bond donors (Lipinski definition) is 1. The lowest BCUT2D eigenvalue weighted by molar-refractivity contribution is 0.0673. The molecule has 0 saturated carbocycles. The van der Waals surface area contributed by atoms with Gasteiger partial charge in [-0.2, -0.15) is 0 Å². The van der Waals surface area contributed by atoms with Crippen molar-refractivity contribution < 1.29 is 4.79 Å². The number of fused-ring (bicyclic) bond motifs is 1. The summed E-state index contributed by atoms with van der Waals surface area (Å²) in [5, 5.41) is 0. The molecule has 1 unspecified atom stereocenters. The first-order chi connectivity index (χ1) is 9.66. The molecule has 20 heavy (non-hydrogen) atoms. The van der Waals surface area contributed by atoms with Crippen LogP contribution in [-0.2, 0) is 6.42 Å². The predicted molar refractivity (Wildman–Crippen MR) is 80.5 cm³/mol. The van der Waals surface area contributed by atoms with E-state index >= 15 is 0 Å². The van der Waals surface area contributed by atoms with Crippen molar-refractivity contribution in [3.05, 3.63) is 65.2 Å². The van der Waals surface area contributed by atoms with Gasteiger partial charge in [-0.25, -0.2) is 0 Å². The minimum Gasteiger partial charge on any atom is -0.399 e. The van der Waals surface area contributed by atoms with E-state index in [0.717, 1.165) is 35.3 Å². The molecule has 1 aliphatic rings. The Morgan fingerprint density at radius 1 is 1.10 bits per heavy atom. The molecule has 0 aromatic heterocycles. The van der Waals surface area contributed by atoms with Crippen LogP contribution in [0.4, 0.5) is 5.69 Å². The van der Waals surface area contributed by atoms with Crippen LogP contribution in [0.3, 0.4) is 0 Å². The van der Waals surface area contributed by atoms with Crippen molar-refractivity contribution in [3.63, 3.8) is 0 Å². The maximum absolute atomic E-state index is 12.6. The van der Waals surface area contributed by atoms with E-state index in [-0.39, 0.29) is 11.9 Å². The molecule has 0 saturated heterocycles. The van der Waals surface area contributed by atoms with Crippen molar-refractivity contribution in [2.45, 2.75) is 19.4 Å². The van der Waals surface area contributed by atoms with Crippen LogP contribution in [0.5, 0.6) is 0 Å². The molecule has 102 valence electrons. The van der Waals surface area contributed by atoms with Gasteiger partial charge < -0.3 is 10.6 Å². The number of anilines is 1. The van der Waals surface area contributed by atoms with Crippen molar-refractivity contribution in [1.29, 1.82) is 0 Å². The average Bonchev–Trinajstić information content (AvgIpc) is 2.48. The van der Waals surface area contributed by atoms with Crippen LogP contribution < -0.4 is 5.73 Å². The van der Waals surface area contributed by atoms with Crippen LogP contribution >= 0.6 is 0 Å². The Kier molecular flexibility index (Phi) is 3.18. The molecule has 0 bridgehead atoms. The largest absolute Gasteiger partial charge is 0.399 e. The summed E-state index contributed by atoms with van der Waals surface area (Å²) in [7, 11) is 0. The molecule has 3 heteroatoms. The fraction of sp³-hybridized carbons (Fsp3) is 0.235. The van der Waals surface area contributed by atoms with Crippen LogP contribution in [0.25, 0.3) is 0 Å². The first-order valence-corrected chi connectivity index (χ1v) is 6.91.